The van der Waals surface area contributed by atoms with Crippen molar-refractivity contribution in [3.05, 3.63) is 53.6 Å². The molecule has 0 saturated carbocycles. The lowest BCUT2D eigenvalue weighted by molar-refractivity contribution is -0.126. The summed E-state index contributed by atoms with van der Waals surface area (Å²) in [6, 6.07) is 13.8. The average molecular weight is 411 g/mol. The van der Waals surface area contributed by atoms with Gasteiger partial charge in [0, 0.05) is 12.0 Å². The van der Waals surface area contributed by atoms with Crippen molar-refractivity contribution >= 4 is 5.91 Å². The van der Waals surface area contributed by atoms with Gasteiger partial charge >= 0.3 is 0 Å². The summed E-state index contributed by atoms with van der Waals surface area (Å²) in [5.41, 5.74) is 2.36. The van der Waals surface area contributed by atoms with Crippen LogP contribution < -0.4 is 19.5 Å². The van der Waals surface area contributed by atoms with Gasteiger partial charge in [-0.1, -0.05) is 24.3 Å². The van der Waals surface area contributed by atoms with Crippen LogP contribution in [0, 0.1) is 12.8 Å². The summed E-state index contributed by atoms with van der Waals surface area (Å²) in [7, 11) is 2.10. The highest BCUT2D eigenvalue weighted by Crippen LogP contribution is 2.35. The summed E-state index contributed by atoms with van der Waals surface area (Å²) in [4.78, 5) is 14.7. The number of ether oxygens (including phenoxy) is 3. The number of hydrogen-bond donors (Lipinski definition) is 1. The smallest absolute Gasteiger partial charge is 0.223 e. The minimum Gasteiger partial charge on any atom is -0.489 e. The van der Waals surface area contributed by atoms with E-state index in [0.717, 1.165) is 37.2 Å². The molecular weight excluding hydrogens is 380 g/mol. The van der Waals surface area contributed by atoms with E-state index in [9.17, 15) is 4.79 Å². The SMILES string of the molecule is Cc1ccccc1COc1ccc2c(c1)O[C@H](CNC(=O)C1CCN(C)CC1)CO2. The maximum absolute atomic E-state index is 12.4. The largest absolute Gasteiger partial charge is 0.489 e. The van der Waals surface area contributed by atoms with Gasteiger partial charge in [0.05, 0.1) is 6.54 Å². The third-order valence-electron chi connectivity index (χ3n) is 5.88. The zero-order valence-electron chi connectivity index (χ0n) is 17.7. The van der Waals surface area contributed by atoms with Crippen molar-refractivity contribution in [3.8, 4) is 17.2 Å². The monoisotopic (exact) mass is 410 g/mol. The van der Waals surface area contributed by atoms with Gasteiger partial charge in [0.15, 0.2) is 11.5 Å². The molecule has 1 saturated heterocycles. The Labute approximate surface area is 178 Å². The van der Waals surface area contributed by atoms with E-state index in [0.29, 0.717) is 31.3 Å². The van der Waals surface area contributed by atoms with Gasteiger partial charge in [0.25, 0.3) is 0 Å². The number of benzene rings is 2. The lowest BCUT2D eigenvalue weighted by atomic mass is 9.96. The maximum atomic E-state index is 12.4. The molecule has 0 aromatic heterocycles. The first-order valence-corrected chi connectivity index (χ1v) is 10.7. The average Bonchev–Trinajstić information content (AvgIpc) is 2.77. The van der Waals surface area contributed by atoms with Gasteiger partial charge in [0.2, 0.25) is 5.91 Å². The molecule has 30 heavy (non-hydrogen) atoms. The number of amides is 1. The first kappa shape index (κ1) is 20.5. The Hall–Kier alpha value is -2.73. The van der Waals surface area contributed by atoms with Crippen LogP contribution >= 0.6 is 0 Å². The van der Waals surface area contributed by atoms with E-state index < -0.39 is 0 Å². The molecule has 2 aromatic carbocycles. The fraction of sp³-hybridized carbons (Fsp3) is 0.458. The minimum atomic E-state index is -0.209. The predicted octanol–water partition coefficient (Wildman–Crippen LogP) is 3.17. The first-order chi connectivity index (χ1) is 14.6. The van der Waals surface area contributed by atoms with Gasteiger partial charge < -0.3 is 24.4 Å². The molecule has 6 nitrogen and oxygen atoms in total. The van der Waals surface area contributed by atoms with Gasteiger partial charge in [-0.25, -0.2) is 0 Å². The Balaban J connectivity index is 1.30. The number of fused-ring (bicyclic) bond motifs is 1. The molecule has 0 aliphatic carbocycles. The molecular formula is C24H30N2O4. The fourth-order valence-corrected chi connectivity index (χ4v) is 3.85. The van der Waals surface area contributed by atoms with E-state index in [1.54, 1.807) is 0 Å². The maximum Gasteiger partial charge on any atom is 0.223 e. The number of rotatable bonds is 6. The Kier molecular flexibility index (Phi) is 6.43. The predicted molar refractivity (Wildman–Crippen MR) is 115 cm³/mol. The van der Waals surface area contributed by atoms with Gasteiger partial charge in [-0.2, -0.15) is 0 Å². The van der Waals surface area contributed by atoms with E-state index in [1.807, 2.05) is 30.3 Å². The third kappa shape index (κ3) is 5.05. The topological polar surface area (TPSA) is 60.0 Å². The molecule has 1 N–H and O–H groups in total. The van der Waals surface area contributed by atoms with Crippen LogP contribution in [0.1, 0.15) is 24.0 Å². The van der Waals surface area contributed by atoms with Gasteiger partial charge in [0.1, 0.15) is 25.1 Å². The highest BCUT2D eigenvalue weighted by atomic mass is 16.6. The van der Waals surface area contributed by atoms with Crippen LogP contribution in [-0.4, -0.2) is 50.2 Å². The molecule has 2 aliphatic rings. The Bertz CT molecular complexity index is 877. The molecule has 0 radical (unpaired) electrons. The molecule has 160 valence electrons. The minimum absolute atomic E-state index is 0.0967. The van der Waals surface area contributed by atoms with E-state index in [2.05, 4.69) is 36.3 Å². The van der Waals surface area contributed by atoms with Gasteiger partial charge in [-0.05, 0) is 63.2 Å². The van der Waals surface area contributed by atoms with E-state index in [4.69, 9.17) is 14.2 Å². The molecule has 2 aliphatic heterocycles. The van der Waals surface area contributed by atoms with Crippen molar-refractivity contribution in [1.82, 2.24) is 10.2 Å². The van der Waals surface area contributed by atoms with Crippen molar-refractivity contribution in [2.24, 2.45) is 5.92 Å². The van der Waals surface area contributed by atoms with E-state index in [-0.39, 0.29) is 17.9 Å². The van der Waals surface area contributed by atoms with E-state index >= 15 is 0 Å². The molecule has 2 aromatic rings. The molecule has 0 spiro atoms. The second-order valence-corrected chi connectivity index (χ2v) is 8.20. The number of aryl methyl sites for hydroxylation is 1. The molecule has 2 heterocycles. The Morgan fingerprint density at radius 2 is 1.97 bits per heavy atom. The molecule has 6 heteroatoms. The zero-order chi connectivity index (χ0) is 20.9. The normalized spacial score (nSPS) is 19.3. The van der Waals surface area contributed by atoms with Crippen LogP contribution in [0.3, 0.4) is 0 Å². The number of nitrogens with one attached hydrogen (secondary N) is 1. The van der Waals surface area contributed by atoms with Crippen LogP contribution in [0.5, 0.6) is 17.2 Å². The standard InChI is InChI=1S/C24H30N2O4/c1-17-5-3-4-6-19(17)15-28-20-7-8-22-23(13-20)30-21(16-29-22)14-25-24(27)18-9-11-26(2)12-10-18/h3-8,13,18,21H,9-12,14-16H2,1-2H3,(H,25,27)/t21-/m1/s1. The third-order valence-corrected chi connectivity index (χ3v) is 5.88. The van der Waals surface area contributed by atoms with Crippen molar-refractivity contribution < 1.29 is 19.0 Å². The molecule has 1 fully saturated rings. The zero-order valence-corrected chi connectivity index (χ0v) is 17.7. The summed E-state index contributed by atoms with van der Waals surface area (Å²) in [5, 5.41) is 3.04. The highest BCUT2D eigenvalue weighted by Gasteiger charge is 2.26. The number of carbonyl (C=O) groups excluding carboxylic acids is 1. The number of carbonyl (C=O) groups is 1. The van der Waals surface area contributed by atoms with Crippen LogP contribution in [0.25, 0.3) is 0 Å². The molecule has 1 atom stereocenters. The summed E-state index contributed by atoms with van der Waals surface area (Å²) < 4.78 is 17.9. The van der Waals surface area contributed by atoms with Crippen LogP contribution in [0.15, 0.2) is 42.5 Å². The number of likely N-dealkylation sites (tertiary alicyclic amines) is 1. The fourth-order valence-electron chi connectivity index (χ4n) is 3.85. The lowest BCUT2D eigenvalue weighted by Gasteiger charge is -2.30. The molecule has 0 bridgehead atoms. The number of hydrogen-bond acceptors (Lipinski definition) is 5. The van der Waals surface area contributed by atoms with Crippen LogP contribution in [-0.2, 0) is 11.4 Å². The Morgan fingerprint density at radius 3 is 2.77 bits per heavy atom. The summed E-state index contributed by atoms with van der Waals surface area (Å²) in [5.74, 6) is 2.31. The molecule has 4 rings (SSSR count). The number of piperidine rings is 1. The summed E-state index contributed by atoms with van der Waals surface area (Å²) in [6.07, 6.45) is 1.61. The summed E-state index contributed by atoms with van der Waals surface area (Å²) >= 11 is 0. The lowest BCUT2D eigenvalue weighted by Crippen LogP contribution is -2.44. The molecule has 1 amide bonds. The highest BCUT2D eigenvalue weighted by molar-refractivity contribution is 5.78. The van der Waals surface area contributed by atoms with Crippen LogP contribution in [0.4, 0.5) is 0 Å². The summed E-state index contributed by atoms with van der Waals surface area (Å²) in [6.45, 7) is 5.39. The van der Waals surface area contributed by atoms with Crippen molar-refractivity contribution in [1.29, 1.82) is 0 Å². The number of nitrogens with zero attached hydrogens (tertiary/aromatic N) is 1. The quantitative estimate of drug-likeness (QED) is 0.793. The van der Waals surface area contributed by atoms with Crippen molar-refractivity contribution in [2.75, 3.05) is 33.3 Å². The Morgan fingerprint density at radius 1 is 1.17 bits per heavy atom. The van der Waals surface area contributed by atoms with Crippen molar-refractivity contribution in [3.63, 3.8) is 0 Å². The van der Waals surface area contributed by atoms with Crippen LogP contribution in [0.2, 0.25) is 0 Å². The van der Waals surface area contributed by atoms with Gasteiger partial charge in [-0.3, -0.25) is 4.79 Å². The van der Waals surface area contributed by atoms with Crippen molar-refractivity contribution in [2.45, 2.75) is 32.5 Å². The second-order valence-electron chi connectivity index (χ2n) is 8.20. The first-order valence-electron chi connectivity index (χ1n) is 10.7. The molecule has 0 unspecified atom stereocenters. The van der Waals surface area contributed by atoms with Gasteiger partial charge in [-0.15, -0.1) is 0 Å². The second kappa shape index (κ2) is 9.39. The van der Waals surface area contributed by atoms with E-state index in [1.165, 1.54) is 5.56 Å².